The first-order valence-corrected chi connectivity index (χ1v) is 7.24. The summed E-state index contributed by atoms with van der Waals surface area (Å²) in [5.74, 6) is -0.716. The number of halogens is 1. The molecule has 1 heterocycles. The molecule has 21 heavy (non-hydrogen) atoms. The summed E-state index contributed by atoms with van der Waals surface area (Å²) in [6, 6.07) is 4.41. The predicted molar refractivity (Wildman–Crippen MR) is 78.6 cm³/mol. The molecule has 1 fully saturated rings. The van der Waals surface area contributed by atoms with Crippen LogP contribution in [0.1, 0.15) is 25.3 Å². The molecule has 1 aliphatic heterocycles. The van der Waals surface area contributed by atoms with Crippen molar-refractivity contribution in [1.82, 2.24) is 4.90 Å². The average Bonchev–Trinajstić information content (AvgIpc) is 2.91. The third-order valence-electron chi connectivity index (χ3n) is 3.61. The van der Waals surface area contributed by atoms with Crippen LogP contribution in [-0.4, -0.2) is 40.6 Å². The van der Waals surface area contributed by atoms with Gasteiger partial charge in [-0.25, -0.2) is 4.79 Å². The van der Waals surface area contributed by atoms with Crippen molar-refractivity contribution in [1.29, 1.82) is 0 Å². The number of carbonyl (C=O) groups excluding carboxylic acids is 1. The molecule has 1 N–H and O–H groups in total. The number of hydrogen-bond donors (Lipinski definition) is 1. The Hall–Kier alpha value is -1.75. The molecule has 1 aromatic rings. The minimum Gasteiger partial charge on any atom is -0.481 e. The van der Waals surface area contributed by atoms with Crippen molar-refractivity contribution in [3.05, 3.63) is 28.8 Å². The summed E-state index contributed by atoms with van der Waals surface area (Å²) in [4.78, 5) is 24.8. The maximum atomic E-state index is 12.3. The predicted octanol–water partition coefficient (Wildman–Crippen LogP) is 2.49. The van der Waals surface area contributed by atoms with Crippen molar-refractivity contribution in [3.8, 4) is 5.75 Å². The van der Waals surface area contributed by atoms with Gasteiger partial charge >= 0.3 is 5.97 Å². The normalized spacial score (nSPS) is 19.4. The Morgan fingerprint density at radius 1 is 1.48 bits per heavy atom. The fraction of sp³-hybridized carbons (Fsp3) is 0.467. The first-order chi connectivity index (χ1) is 9.90. The Morgan fingerprint density at radius 2 is 2.19 bits per heavy atom. The zero-order valence-corrected chi connectivity index (χ0v) is 12.8. The van der Waals surface area contributed by atoms with Gasteiger partial charge in [-0.3, -0.25) is 4.79 Å². The molecule has 1 aromatic carbocycles. The number of nitrogens with zero attached hydrogens (tertiary/aromatic N) is 1. The van der Waals surface area contributed by atoms with Gasteiger partial charge in [-0.1, -0.05) is 11.6 Å². The van der Waals surface area contributed by atoms with Crippen LogP contribution in [0.4, 0.5) is 0 Å². The van der Waals surface area contributed by atoms with E-state index in [2.05, 4.69) is 0 Å². The van der Waals surface area contributed by atoms with E-state index < -0.39 is 18.1 Å². The molecule has 2 rings (SSSR count). The van der Waals surface area contributed by atoms with Gasteiger partial charge in [-0.2, -0.15) is 0 Å². The van der Waals surface area contributed by atoms with Gasteiger partial charge in [0.1, 0.15) is 11.8 Å². The molecule has 1 saturated heterocycles. The Kier molecular flexibility index (Phi) is 4.73. The van der Waals surface area contributed by atoms with Crippen LogP contribution in [0.15, 0.2) is 18.2 Å². The monoisotopic (exact) mass is 311 g/mol. The molecule has 0 spiro atoms. The lowest BCUT2D eigenvalue weighted by Crippen LogP contribution is -2.46. The second kappa shape index (κ2) is 6.35. The standard InChI is InChI=1S/C15H18ClNO4/c1-9-8-11(5-6-12(9)16)21-10(2)14(18)17-7-3-4-13(17)15(19)20/h5-6,8,10,13H,3-4,7H2,1-2H3,(H,19,20)/t10?,13-/m1/s1. The van der Waals surface area contributed by atoms with Crippen molar-refractivity contribution in [2.45, 2.75) is 38.8 Å². The number of carboxylic acids is 1. The van der Waals surface area contributed by atoms with Gasteiger partial charge in [0.05, 0.1) is 0 Å². The third-order valence-corrected chi connectivity index (χ3v) is 4.04. The summed E-state index contributed by atoms with van der Waals surface area (Å²) in [6.45, 7) is 3.94. The van der Waals surface area contributed by atoms with Crippen LogP contribution >= 0.6 is 11.6 Å². The molecule has 1 aliphatic rings. The molecule has 0 saturated carbocycles. The Balaban J connectivity index is 2.05. The van der Waals surface area contributed by atoms with Gasteiger partial charge in [0.15, 0.2) is 6.10 Å². The highest BCUT2D eigenvalue weighted by atomic mass is 35.5. The lowest BCUT2D eigenvalue weighted by molar-refractivity contribution is -0.150. The number of carboxylic acid groups (broad SMARTS) is 1. The van der Waals surface area contributed by atoms with E-state index >= 15 is 0 Å². The highest BCUT2D eigenvalue weighted by Crippen LogP contribution is 2.23. The summed E-state index contributed by atoms with van der Waals surface area (Å²) >= 11 is 5.94. The number of carbonyl (C=O) groups is 2. The third kappa shape index (κ3) is 3.47. The largest absolute Gasteiger partial charge is 0.481 e. The van der Waals surface area contributed by atoms with Crippen LogP contribution in [0.2, 0.25) is 5.02 Å². The maximum absolute atomic E-state index is 12.3. The molecule has 0 aliphatic carbocycles. The highest BCUT2D eigenvalue weighted by Gasteiger charge is 2.36. The molecule has 1 amide bonds. The zero-order chi connectivity index (χ0) is 15.6. The number of hydrogen-bond acceptors (Lipinski definition) is 3. The van der Waals surface area contributed by atoms with E-state index in [1.54, 1.807) is 25.1 Å². The minimum atomic E-state index is -0.963. The Bertz CT molecular complexity index is 561. The SMILES string of the molecule is Cc1cc(OC(C)C(=O)N2CCC[C@@H]2C(=O)O)ccc1Cl. The van der Waals surface area contributed by atoms with Gasteiger partial charge in [-0.15, -0.1) is 0 Å². The number of rotatable bonds is 4. The van der Waals surface area contributed by atoms with E-state index in [0.29, 0.717) is 30.2 Å². The van der Waals surface area contributed by atoms with Crippen LogP contribution in [0.25, 0.3) is 0 Å². The number of ether oxygens (including phenoxy) is 1. The summed E-state index contributed by atoms with van der Waals surface area (Å²) < 4.78 is 5.61. The summed E-state index contributed by atoms with van der Waals surface area (Å²) in [6.07, 6.45) is 0.467. The van der Waals surface area contributed by atoms with E-state index in [1.807, 2.05) is 6.92 Å². The van der Waals surface area contributed by atoms with E-state index in [1.165, 1.54) is 4.90 Å². The van der Waals surface area contributed by atoms with E-state index in [9.17, 15) is 9.59 Å². The lowest BCUT2D eigenvalue weighted by Gasteiger charge is -2.25. The van der Waals surface area contributed by atoms with Gasteiger partial charge in [0.2, 0.25) is 0 Å². The number of likely N-dealkylation sites (tertiary alicyclic amines) is 1. The number of aliphatic carboxylic acids is 1. The Labute approximate surface area is 128 Å². The van der Waals surface area contributed by atoms with E-state index in [-0.39, 0.29) is 5.91 Å². The van der Waals surface area contributed by atoms with Gasteiger partial charge in [0.25, 0.3) is 5.91 Å². The van der Waals surface area contributed by atoms with Crippen molar-refractivity contribution < 1.29 is 19.4 Å². The van der Waals surface area contributed by atoms with Crippen LogP contribution in [0.3, 0.4) is 0 Å². The van der Waals surface area contributed by atoms with Crippen molar-refractivity contribution in [2.75, 3.05) is 6.54 Å². The molecule has 114 valence electrons. The molecule has 0 radical (unpaired) electrons. The molecule has 1 unspecified atom stereocenters. The van der Waals surface area contributed by atoms with Gasteiger partial charge in [-0.05, 0) is 50.5 Å². The van der Waals surface area contributed by atoms with Crippen LogP contribution in [-0.2, 0) is 9.59 Å². The molecule has 0 aromatic heterocycles. The molecule has 2 atom stereocenters. The Morgan fingerprint density at radius 3 is 2.81 bits per heavy atom. The fourth-order valence-corrected chi connectivity index (χ4v) is 2.58. The average molecular weight is 312 g/mol. The van der Waals surface area contributed by atoms with Gasteiger partial charge in [0, 0.05) is 11.6 Å². The first-order valence-electron chi connectivity index (χ1n) is 6.86. The smallest absolute Gasteiger partial charge is 0.326 e. The molecule has 6 heteroatoms. The van der Waals surface area contributed by atoms with E-state index in [4.69, 9.17) is 21.4 Å². The van der Waals surface area contributed by atoms with E-state index in [0.717, 1.165) is 5.56 Å². The molecular weight excluding hydrogens is 294 g/mol. The summed E-state index contributed by atoms with van der Waals surface area (Å²) in [7, 11) is 0. The van der Waals surface area contributed by atoms with Crippen LogP contribution in [0.5, 0.6) is 5.75 Å². The molecular formula is C15H18ClNO4. The number of benzene rings is 1. The summed E-state index contributed by atoms with van der Waals surface area (Å²) in [5.41, 5.74) is 0.860. The van der Waals surface area contributed by atoms with Crippen molar-refractivity contribution in [2.24, 2.45) is 0 Å². The molecule has 0 bridgehead atoms. The second-order valence-corrected chi connectivity index (χ2v) is 5.61. The number of aryl methyl sites for hydroxylation is 1. The van der Waals surface area contributed by atoms with Gasteiger partial charge < -0.3 is 14.7 Å². The highest BCUT2D eigenvalue weighted by molar-refractivity contribution is 6.31. The van der Waals surface area contributed by atoms with Crippen molar-refractivity contribution in [3.63, 3.8) is 0 Å². The lowest BCUT2D eigenvalue weighted by atomic mass is 10.2. The maximum Gasteiger partial charge on any atom is 0.326 e. The quantitative estimate of drug-likeness (QED) is 0.927. The second-order valence-electron chi connectivity index (χ2n) is 5.20. The molecule has 5 nitrogen and oxygen atoms in total. The van der Waals surface area contributed by atoms with Crippen LogP contribution < -0.4 is 4.74 Å². The first kappa shape index (κ1) is 15.6. The summed E-state index contributed by atoms with van der Waals surface area (Å²) in [5, 5.41) is 9.75. The topological polar surface area (TPSA) is 66.8 Å². The van der Waals surface area contributed by atoms with Crippen molar-refractivity contribution >= 4 is 23.5 Å². The fourth-order valence-electron chi connectivity index (χ4n) is 2.47. The minimum absolute atomic E-state index is 0.299. The zero-order valence-electron chi connectivity index (χ0n) is 12.0. The van der Waals surface area contributed by atoms with Crippen LogP contribution in [0, 0.1) is 6.92 Å². The number of amides is 1.